The van der Waals surface area contributed by atoms with Gasteiger partial charge >= 0.3 is 11.8 Å². The second kappa shape index (κ2) is 7.07. The molecule has 2 aliphatic rings. The molecule has 6 nitrogen and oxygen atoms in total. The minimum atomic E-state index is -0.623. The molecule has 2 heterocycles. The molecule has 2 aliphatic heterocycles. The van der Waals surface area contributed by atoms with Crippen LogP contribution in [-0.4, -0.2) is 36.6 Å². The van der Waals surface area contributed by atoms with Crippen LogP contribution in [0.3, 0.4) is 0 Å². The van der Waals surface area contributed by atoms with E-state index >= 15 is 0 Å². The van der Waals surface area contributed by atoms with E-state index in [1.165, 1.54) is 5.56 Å². The highest BCUT2D eigenvalue weighted by Gasteiger charge is 2.28. The number of carbonyl (C=O) groups excluding carboxylic acids is 2. The lowest BCUT2D eigenvalue weighted by atomic mass is 9.89. The van der Waals surface area contributed by atoms with E-state index in [1.807, 2.05) is 18.2 Å². The minimum absolute atomic E-state index is 0.169. The van der Waals surface area contributed by atoms with Crippen LogP contribution in [0.2, 0.25) is 0 Å². The SMILES string of the molecule is O=C(Nc1ccc2c(c1)OCO2)C(=O)N1CCC(c2ccccc2)CC1. The summed E-state index contributed by atoms with van der Waals surface area (Å²) in [6, 6.07) is 15.4. The standard InChI is InChI=1S/C20H20N2O4/c23-19(21-16-6-7-17-18(12-16)26-13-25-17)20(24)22-10-8-15(9-11-22)14-4-2-1-3-5-14/h1-7,12,15H,8-11,13H2,(H,21,23). The summed E-state index contributed by atoms with van der Waals surface area (Å²) in [4.78, 5) is 26.4. The average molecular weight is 352 g/mol. The van der Waals surface area contributed by atoms with Crippen molar-refractivity contribution in [3.05, 3.63) is 54.1 Å². The fourth-order valence-electron chi connectivity index (χ4n) is 3.44. The summed E-state index contributed by atoms with van der Waals surface area (Å²) < 4.78 is 10.5. The highest BCUT2D eigenvalue weighted by Crippen LogP contribution is 2.34. The zero-order chi connectivity index (χ0) is 17.9. The number of carbonyl (C=O) groups is 2. The first-order valence-electron chi connectivity index (χ1n) is 8.75. The smallest absolute Gasteiger partial charge is 0.313 e. The van der Waals surface area contributed by atoms with Gasteiger partial charge in [0.2, 0.25) is 6.79 Å². The number of rotatable bonds is 2. The van der Waals surface area contributed by atoms with Crippen molar-refractivity contribution < 1.29 is 19.1 Å². The molecule has 6 heteroatoms. The van der Waals surface area contributed by atoms with Gasteiger partial charge in [0.05, 0.1) is 0 Å². The Kier molecular flexibility index (Phi) is 4.48. The number of hydrogen-bond donors (Lipinski definition) is 1. The number of piperidine rings is 1. The Bertz CT molecular complexity index is 814. The highest BCUT2D eigenvalue weighted by atomic mass is 16.7. The first-order valence-corrected chi connectivity index (χ1v) is 8.75. The molecule has 0 radical (unpaired) electrons. The molecule has 2 aromatic carbocycles. The second-order valence-corrected chi connectivity index (χ2v) is 6.50. The van der Waals surface area contributed by atoms with Gasteiger partial charge in [-0.2, -0.15) is 0 Å². The minimum Gasteiger partial charge on any atom is -0.454 e. The van der Waals surface area contributed by atoms with Crippen molar-refractivity contribution >= 4 is 17.5 Å². The van der Waals surface area contributed by atoms with Gasteiger partial charge in [0, 0.05) is 24.8 Å². The molecule has 0 atom stereocenters. The number of amides is 2. The third-order valence-corrected chi connectivity index (χ3v) is 4.88. The molecule has 1 fully saturated rings. The lowest BCUT2D eigenvalue weighted by Crippen LogP contribution is -2.43. The Hall–Kier alpha value is -3.02. The summed E-state index contributed by atoms with van der Waals surface area (Å²) in [7, 11) is 0. The number of fused-ring (bicyclic) bond motifs is 1. The molecule has 0 unspecified atom stereocenters. The molecular weight excluding hydrogens is 332 g/mol. The lowest BCUT2D eigenvalue weighted by molar-refractivity contribution is -0.143. The molecule has 0 spiro atoms. The van der Waals surface area contributed by atoms with Gasteiger partial charge in [-0.25, -0.2) is 0 Å². The fourth-order valence-corrected chi connectivity index (χ4v) is 3.44. The summed E-state index contributed by atoms with van der Waals surface area (Å²) in [5.74, 6) is 0.532. The molecular formula is C20H20N2O4. The van der Waals surface area contributed by atoms with Crippen molar-refractivity contribution in [3.63, 3.8) is 0 Å². The zero-order valence-corrected chi connectivity index (χ0v) is 14.3. The van der Waals surface area contributed by atoms with Crippen LogP contribution in [0.15, 0.2) is 48.5 Å². The predicted molar refractivity (Wildman–Crippen MR) is 96.2 cm³/mol. The maximum absolute atomic E-state index is 12.4. The first kappa shape index (κ1) is 16.4. The summed E-state index contributed by atoms with van der Waals surface area (Å²) in [6.07, 6.45) is 1.74. The molecule has 0 saturated carbocycles. The van der Waals surface area contributed by atoms with Crippen molar-refractivity contribution in [1.29, 1.82) is 0 Å². The van der Waals surface area contributed by atoms with Gasteiger partial charge < -0.3 is 19.7 Å². The van der Waals surface area contributed by atoms with Crippen LogP contribution >= 0.6 is 0 Å². The van der Waals surface area contributed by atoms with Gasteiger partial charge in [-0.1, -0.05) is 30.3 Å². The topological polar surface area (TPSA) is 67.9 Å². The number of likely N-dealkylation sites (tertiary alicyclic amines) is 1. The molecule has 4 rings (SSSR count). The molecule has 26 heavy (non-hydrogen) atoms. The van der Waals surface area contributed by atoms with Gasteiger partial charge in [0.25, 0.3) is 0 Å². The Morgan fingerprint density at radius 1 is 0.962 bits per heavy atom. The Morgan fingerprint density at radius 3 is 2.46 bits per heavy atom. The Labute approximate surface area is 151 Å². The zero-order valence-electron chi connectivity index (χ0n) is 14.3. The van der Waals surface area contributed by atoms with Gasteiger partial charge in [0.15, 0.2) is 11.5 Å². The maximum atomic E-state index is 12.4. The number of hydrogen-bond acceptors (Lipinski definition) is 4. The number of benzene rings is 2. The van der Waals surface area contributed by atoms with Crippen molar-refractivity contribution in [2.75, 3.05) is 25.2 Å². The summed E-state index contributed by atoms with van der Waals surface area (Å²) >= 11 is 0. The van der Waals surface area contributed by atoms with E-state index in [0.717, 1.165) is 12.8 Å². The van der Waals surface area contributed by atoms with Crippen molar-refractivity contribution in [2.24, 2.45) is 0 Å². The van der Waals surface area contributed by atoms with Gasteiger partial charge in [-0.05, 0) is 36.5 Å². The first-order chi connectivity index (χ1) is 12.7. The lowest BCUT2D eigenvalue weighted by Gasteiger charge is -2.31. The second-order valence-electron chi connectivity index (χ2n) is 6.50. The molecule has 0 aromatic heterocycles. The molecule has 2 amide bonds. The van der Waals surface area contributed by atoms with Gasteiger partial charge in [-0.15, -0.1) is 0 Å². The Morgan fingerprint density at radius 2 is 1.69 bits per heavy atom. The number of ether oxygens (including phenoxy) is 2. The van der Waals surface area contributed by atoms with Crippen LogP contribution < -0.4 is 14.8 Å². The van der Waals surface area contributed by atoms with Crippen LogP contribution in [-0.2, 0) is 9.59 Å². The van der Waals surface area contributed by atoms with Crippen LogP contribution in [0.1, 0.15) is 24.3 Å². The monoisotopic (exact) mass is 352 g/mol. The van der Waals surface area contributed by atoms with Crippen LogP contribution in [0, 0.1) is 0 Å². The van der Waals surface area contributed by atoms with E-state index in [2.05, 4.69) is 17.4 Å². The summed E-state index contributed by atoms with van der Waals surface area (Å²) in [5.41, 5.74) is 1.82. The summed E-state index contributed by atoms with van der Waals surface area (Å²) in [6.45, 7) is 1.35. The van der Waals surface area contributed by atoms with E-state index in [4.69, 9.17) is 9.47 Å². The molecule has 134 valence electrons. The van der Waals surface area contributed by atoms with Gasteiger partial charge in [0.1, 0.15) is 0 Å². The summed E-state index contributed by atoms with van der Waals surface area (Å²) in [5, 5.41) is 2.65. The van der Waals surface area contributed by atoms with Crippen LogP contribution in [0.4, 0.5) is 5.69 Å². The van der Waals surface area contributed by atoms with E-state index in [-0.39, 0.29) is 6.79 Å². The number of nitrogens with zero attached hydrogens (tertiary/aromatic N) is 1. The molecule has 0 bridgehead atoms. The van der Waals surface area contributed by atoms with Crippen molar-refractivity contribution in [3.8, 4) is 11.5 Å². The fraction of sp³-hybridized carbons (Fsp3) is 0.300. The average Bonchev–Trinajstić information content (AvgIpc) is 3.16. The maximum Gasteiger partial charge on any atom is 0.313 e. The number of nitrogens with one attached hydrogen (secondary N) is 1. The normalized spacial score (nSPS) is 16.4. The predicted octanol–water partition coefficient (Wildman–Crippen LogP) is 2.76. The third-order valence-electron chi connectivity index (χ3n) is 4.88. The van der Waals surface area contributed by atoms with E-state index < -0.39 is 11.8 Å². The largest absolute Gasteiger partial charge is 0.454 e. The molecule has 2 aromatic rings. The van der Waals surface area contributed by atoms with Crippen LogP contribution in [0.5, 0.6) is 11.5 Å². The van der Waals surface area contributed by atoms with Crippen molar-refractivity contribution in [1.82, 2.24) is 4.90 Å². The van der Waals surface area contributed by atoms with Crippen molar-refractivity contribution in [2.45, 2.75) is 18.8 Å². The molecule has 1 N–H and O–H groups in total. The van der Waals surface area contributed by atoms with Crippen LogP contribution in [0.25, 0.3) is 0 Å². The van der Waals surface area contributed by atoms with E-state index in [0.29, 0.717) is 36.2 Å². The molecule has 0 aliphatic carbocycles. The van der Waals surface area contributed by atoms with E-state index in [1.54, 1.807) is 23.1 Å². The van der Waals surface area contributed by atoms with Gasteiger partial charge in [-0.3, -0.25) is 9.59 Å². The quantitative estimate of drug-likeness (QED) is 0.844. The third kappa shape index (κ3) is 3.35. The molecule has 1 saturated heterocycles. The Balaban J connectivity index is 1.34. The number of anilines is 1. The highest BCUT2D eigenvalue weighted by molar-refractivity contribution is 6.39. The van der Waals surface area contributed by atoms with E-state index in [9.17, 15) is 9.59 Å².